The van der Waals surface area contributed by atoms with Crippen LogP contribution in [0.25, 0.3) is 0 Å². The highest BCUT2D eigenvalue weighted by atomic mass is 16.5. The maximum Gasteiger partial charge on any atom is 0.165 e. The van der Waals surface area contributed by atoms with Crippen molar-refractivity contribution < 1.29 is 14.3 Å². The zero-order valence-electron chi connectivity index (χ0n) is 7.92. The van der Waals surface area contributed by atoms with Crippen LogP contribution in [-0.4, -0.2) is 25.3 Å². The van der Waals surface area contributed by atoms with Gasteiger partial charge in [0.25, 0.3) is 0 Å². The lowest BCUT2D eigenvalue weighted by molar-refractivity contribution is -0.129. The average Bonchev–Trinajstić information content (AvgIpc) is 1.84. The van der Waals surface area contributed by atoms with Crippen molar-refractivity contribution in [2.45, 2.75) is 26.7 Å². The van der Waals surface area contributed by atoms with Crippen LogP contribution in [0.15, 0.2) is 0 Å². The van der Waals surface area contributed by atoms with Crippen LogP contribution in [0.4, 0.5) is 0 Å². The number of ketones is 2. The van der Waals surface area contributed by atoms with Crippen molar-refractivity contribution >= 4 is 11.6 Å². The average molecular weight is 172 g/mol. The minimum Gasteiger partial charge on any atom is -0.377 e. The van der Waals surface area contributed by atoms with E-state index in [1.807, 2.05) is 13.8 Å². The largest absolute Gasteiger partial charge is 0.377 e. The van der Waals surface area contributed by atoms with Crippen LogP contribution in [-0.2, 0) is 14.3 Å². The van der Waals surface area contributed by atoms with Crippen molar-refractivity contribution in [2.24, 2.45) is 5.92 Å². The number of rotatable bonds is 6. The van der Waals surface area contributed by atoms with Crippen molar-refractivity contribution in [3.05, 3.63) is 0 Å². The van der Waals surface area contributed by atoms with Crippen molar-refractivity contribution in [3.63, 3.8) is 0 Å². The Labute approximate surface area is 73.1 Å². The van der Waals surface area contributed by atoms with Gasteiger partial charge in [-0.05, 0) is 5.92 Å². The van der Waals surface area contributed by atoms with Gasteiger partial charge in [-0.25, -0.2) is 0 Å². The lowest BCUT2D eigenvalue weighted by Gasteiger charge is -2.02. The second kappa shape index (κ2) is 5.89. The zero-order valence-corrected chi connectivity index (χ0v) is 7.92. The Hall–Kier alpha value is -0.700. The summed E-state index contributed by atoms with van der Waals surface area (Å²) in [5, 5.41) is 0. The lowest BCUT2D eigenvalue weighted by Crippen LogP contribution is -2.13. The fraction of sp³-hybridized carbons (Fsp3) is 0.778. The first-order valence-corrected chi connectivity index (χ1v) is 4.08. The van der Waals surface area contributed by atoms with Crippen molar-refractivity contribution in [1.29, 1.82) is 0 Å². The van der Waals surface area contributed by atoms with E-state index in [0.717, 1.165) is 0 Å². The molecule has 0 aromatic rings. The second-order valence-electron chi connectivity index (χ2n) is 3.29. The molecule has 0 heterocycles. The van der Waals surface area contributed by atoms with Crippen LogP contribution in [0.5, 0.6) is 0 Å². The summed E-state index contributed by atoms with van der Waals surface area (Å²) in [5.41, 5.74) is 0. The SMILES string of the molecule is COCC(=O)CC(=O)CC(C)C. The summed E-state index contributed by atoms with van der Waals surface area (Å²) in [6.45, 7) is 3.96. The lowest BCUT2D eigenvalue weighted by atomic mass is 10.0. The van der Waals surface area contributed by atoms with Crippen LogP contribution >= 0.6 is 0 Å². The smallest absolute Gasteiger partial charge is 0.165 e. The molecule has 0 aromatic carbocycles. The molecular weight excluding hydrogens is 156 g/mol. The number of hydrogen-bond donors (Lipinski definition) is 0. The van der Waals surface area contributed by atoms with Gasteiger partial charge in [-0.3, -0.25) is 9.59 Å². The van der Waals surface area contributed by atoms with Crippen molar-refractivity contribution in [2.75, 3.05) is 13.7 Å². The minimum absolute atomic E-state index is 0.00653. The van der Waals surface area contributed by atoms with Gasteiger partial charge >= 0.3 is 0 Å². The van der Waals surface area contributed by atoms with Gasteiger partial charge in [0.05, 0.1) is 6.42 Å². The molecule has 0 aliphatic rings. The topological polar surface area (TPSA) is 43.4 Å². The summed E-state index contributed by atoms with van der Waals surface area (Å²) >= 11 is 0. The Balaban J connectivity index is 3.62. The molecule has 0 aliphatic heterocycles. The van der Waals surface area contributed by atoms with Gasteiger partial charge in [-0.1, -0.05) is 13.8 Å². The molecule has 0 N–H and O–H groups in total. The van der Waals surface area contributed by atoms with E-state index in [1.165, 1.54) is 7.11 Å². The number of carbonyl (C=O) groups is 2. The third kappa shape index (κ3) is 6.04. The molecule has 0 spiro atoms. The molecule has 0 atom stereocenters. The molecule has 12 heavy (non-hydrogen) atoms. The molecule has 0 saturated carbocycles. The molecule has 0 saturated heterocycles. The Morgan fingerprint density at radius 2 is 1.83 bits per heavy atom. The standard InChI is InChI=1S/C9H16O3/c1-7(2)4-8(10)5-9(11)6-12-3/h7H,4-6H2,1-3H3. The highest BCUT2D eigenvalue weighted by Gasteiger charge is 2.10. The third-order valence-corrected chi connectivity index (χ3v) is 1.34. The minimum atomic E-state index is -0.136. The van der Waals surface area contributed by atoms with E-state index in [2.05, 4.69) is 4.74 Å². The van der Waals surface area contributed by atoms with Gasteiger partial charge < -0.3 is 4.74 Å². The molecule has 0 radical (unpaired) electrons. The molecule has 0 fully saturated rings. The van der Waals surface area contributed by atoms with Crippen molar-refractivity contribution in [3.8, 4) is 0 Å². The van der Waals surface area contributed by atoms with E-state index in [0.29, 0.717) is 12.3 Å². The summed E-state index contributed by atoms with van der Waals surface area (Å²) in [7, 11) is 1.45. The first-order valence-electron chi connectivity index (χ1n) is 4.08. The van der Waals surface area contributed by atoms with Crippen LogP contribution < -0.4 is 0 Å². The van der Waals surface area contributed by atoms with E-state index in [9.17, 15) is 9.59 Å². The van der Waals surface area contributed by atoms with E-state index in [1.54, 1.807) is 0 Å². The molecule has 0 aliphatic carbocycles. The Bertz CT molecular complexity index is 161. The maximum absolute atomic E-state index is 11.1. The van der Waals surface area contributed by atoms with E-state index < -0.39 is 0 Å². The summed E-state index contributed by atoms with van der Waals surface area (Å²) in [5.74, 6) is 0.197. The van der Waals surface area contributed by atoms with Gasteiger partial charge in [-0.2, -0.15) is 0 Å². The van der Waals surface area contributed by atoms with Gasteiger partial charge in [0.1, 0.15) is 12.4 Å². The maximum atomic E-state index is 11.1. The Morgan fingerprint density at radius 3 is 2.25 bits per heavy atom. The summed E-state index contributed by atoms with van der Waals surface area (Å²) in [6.07, 6.45) is 0.501. The molecule has 0 unspecified atom stereocenters. The molecule has 70 valence electrons. The van der Waals surface area contributed by atoms with Gasteiger partial charge in [0, 0.05) is 13.5 Å². The molecule has 0 rings (SSSR count). The molecule has 3 nitrogen and oxygen atoms in total. The zero-order chi connectivity index (χ0) is 9.56. The van der Waals surface area contributed by atoms with Crippen LogP contribution in [0.1, 0.15) is 26.7 Å². The first-order chi connectivity index (χ1) is 5.56. The predicted octanol–water partition coefficient (Wildman–Crippen LogP) is 1.21. The van der Waals surface area contributed by atoms with Crippen LogP contribution in [0.3, 0.4) is 0 Å². The Kier molecular flexibility index (Phi) is 5.54. The molecule has 0 amide bonds. The highest BCUT2D eigenvalue weighted by Crippen LogP contribution is 2.02. The summed E-state index contributed by atoms with van der Waals surface area (Å²) in [6, 6.07) is 0. The monoisotopic (exact) mass is 172 g/mol. The van der Waals surface area contributed by atoms with E-state index in [-0.39, 0.29) is 24.6 Å². The first kappa shape index (κ1) is 11.3. The molecule has 0 aromatic heterocycles. The van der Waals surface area contributed by atoms with Gasteiger partial charge in [0.15, 0.2) is 5.78 Å². The van der Waals surface area contributed by atoms with Gasteiger partial charge in [0.2, 0.25) is 0 Å². The number of hydrogen-bond acceptors (Lipinski definition) is 3. The summed E-state index contributed by atoms with van der Waals surface area (Å²) in [4.78, 5) is 22.0. The number of methoxy groups -OCH3 is 1. The fourth-order valence-corrected chi connectivity index (χ4v) is 0.959. The van der Waals surface area contributed by atoms with E-state index >= 15 is 0 Å². The number of Topliss-reactive ketones (excluding diaryl/α,β-unsaturated/α-hetero) is 2. The number of ether oxygens (including phenoxy) is 1. The van der Waals surface area contributed by atoms with Crippen LogP contribution in [0, 0.1) is 5.92 Å². The molecule has 0 bridgehead atoms. The Morgan fingerprint density at radius 1 is 1.25 bits per heavy atom. The number of carbonyl (C=O) groups excluding carboxylic acids is 2. The normalized spacial score (nSPS) is 10.3. The highest BCUT2D eigenvalue weighted by molar-refractivity contribution is 5.99. The second-order valence-corrected chi connectivity index (χ2v) is 3.29. The van der Waals surface area contributed by atoms with Gasteiger partial charge in [-0.15, -0.1) is 0 Å². The fourth-order valence-electron chi connectivity index (χ4n) is 0.959. The summed E-state index contributed by atoms with van der Waals surface area (Å²) < 4.78 is 4.61. The quantitative estimate of drug-likeness (QED) is 0.565. The third-order valence-electron chi connectivity index (χ3n) is 1.34. The molecular formula is C9H16O3. The van der Waals surface area contributed by atoms with Crippen LogP contribution in [0.2, 0.25) is 0 Å². The van der Waals surface area contributed by atoms with Crippen molar-refractivity contribution in [1.82, 2.24) is 0 Å². The van der Waals surface area contributed by atoms with E-state index in [4.69, 9.17) is 0 Å². The molecule has 3 heteroatoms. The predicted molar refractivity (Wildman–Crippen MR) is 46.0 cm³/mol.